The monoisotopic (exact) mass is 251 g/mol. The molecule has 1 aliphatic heterocycles. The van der Waals surface area contributed by atoms with Gasteiger partial charge < -0.3 is 10.0 Å². The number of hydrogen-bond donors (Lipinski definition) is 1. The van der Waals surface area contributed by atoms with Gasteiger partial charge in [-0.15, -0.1) is 0 Å². The lowest BCUT2D eigenvalue weighted by Crippen LogP contribution is -2.29. The van der Waals surface area contributed by atoms with Crippen molar-refractivity contribution in [3.05, 3.63) is 29.6 Å². The minimum absolute atomic E-state index is 0.199. The molecule has 2 rings (SSSR count). The highest BCUT2D eigenvalue weighted by molar-refractivity contribution is 5.97. The van der Waals surface area contributed by atoms with Crippen LogP contribution in [0.25, 0.3) is 0 Å². The molecule has 0 aliphatic carbocycles. The highest BCUT2D eigenvalue weighted by atomic mass is 19.1. The Balaban J connectivity index is 2.13. The summed E-state index contributed by atoms with van der Waals surface area (Å²) in [5.41, 5.74) is -0.199. The van der Waals surface area contributed by atoms with E-state index in [1.54, 1.807) is 4.90 Å². The molecule has 4 heteroatoms. The molecular formula is C14H18FNO2. The first-order valence-corrected chi connectivity index (χ1v) is 6.40. The second kappa shape index (κ2) is 5.38. The van der Waals surface area contributed by atoms with Gasteiger partial charge in [-0.2, -0.15) is 0 Å². The SMILES string of the molecule is CCCC1CCN(C(=O)c2c(O)cccc2F)C1. The fourth-order valence-corrected chi connectivity index (χ4v) is 2.54. The van der Waals surface area contributed by atoms with Gasteiger partial charge in [-0.25, -0.2) is 4.39 Å². The molecule has 1 atom stereocenters. The van der Waals surface area contributed by atoms with Crippen molar-refractivity contribution in [2.45, 2.75) is 26.2 Å². The molecule has 0 aromatic heterocycles. The van der Waals surface area contributed by atoms with E-state index in [2.05, 4.69) is 6.92 Å². The average Bonchev–Trinajstić information content (AvgIpc) is 2.78. The second-order valence-electron chi connectivity index (χ2n) is 4.83. The smallest absolute Gasteiger partial charge is 0.260 e. The molecule has 0 radical (unpaired) electrons. The molecule has 0 saturated carbocycles. The van der Waals surface area contributed by atoms with Crippen LogP contribution < -0.4 is 0 Å². The van der Waals surface area contributed by atoms with Crippen molar-refractivity contribution in [2.75, 3.05) is 13.1 Å². The van der Waals surface area contributed by atoms with Gasteiger partial charge in [-0.1, -0.05) is 19.4 Å². The first-order valence-electron chi connectivity index (χ1n) is 6.40. The number of benzene rings is 1. The number of likely N-dealkylation sites (tertiary alicyclic amines) is 1. The van der Waals surface area contributed by atoms with Crippen LogP contribution in [-0.2, 0) is 0 Å². The van der Waals surface area contributed by atoms with E-state index >= 15 is 0 Å². The quantitative estimate of drug-likeness (QED) is 0.897. The zero-order valence-electron chi connectivity index (χ0n) is 10.5. The summed E-state index contributed by atoms with van der Waals surface area (Å²) in [4.78, 5) is 13.8. The van der Waals surface area contributed by atoms with Crippen molar-refractivity contribution >= 4 is 5.91 Å². The molecule has 0 bridgehead atoms. The van der Waals surface area contributed by atoms with Gasteiger partial charge in [-0.3, -0.25) is 4.79 Å². The van der Waals surface area contributed by atoms with Crippen LogP contribution in [0.5, 0.6) is 5.75 Å². The average molecular weight is 251 g/mol. The number of phenols is 1. The Labute approximate surface area is 106 Å². The van der Waals surface area contributed by atoms with E-state index in [9.17, 15) is 14.3 Å². The first kappa shape index (κ1) is 12.9. The van der Waals surface area contributed by atoms with Crippen LogP contribution >= 0.6 is 0 Å². The molecule has 0 spiro atoms. The van der Waals surface area contributed by atoms with E-state index in [1.165, 1.54) is 18.2 Å². The first-order chi connectivity index (χ1) is 8.63. The molecule has 1 aromatic rings. The Kier molecular flexibility index (Phi) is 3.84. The lowest BCUT2D eigenvalue weighted by Gasteiger charge is -2.17. The summed E-state index contributed by atoms with van der Waals surface area (Å²) in [5, 5.41) is 9.60. The third-order valence-electron chi connectivity index (χ3n) is 3.48. The van der Waals surface area contributed by atoms with Crippen LogP contribution in [-0.4, -0.2) is 29.0 Å². The molecule has 1 unspecified atom stereocenters. The Hall–Kier alpha value is -1.58. The maximum Gasteiger partial charge on any atom is 0.260 e. The summed E-state index contributed by atoms with van der Waals surface area (Å²) in [6.45, 7) is 3.44. The van der Waals surface area contributed by atoms with Crippen molar-refractivity contribution in [3.63, 3.8) is 0 Å². The second-order valence-corrected chi connectivity index (χ2v) is 4.83. The van der Waals surface area contributed by atoms with Gasteiger partial charge in [0.05, 0.1) is 0 Å². The lowest BCUT2D eigenvalue weighted by atomic mass is 10.0. The van der Waals surface area contributed by atoms with Gasteiger partial charge in [0.2, 0.25) is 0 Å². The molecule has 1 N–H and O–H groups in total. The Bertz CT molecular complexity index is 427. The normalized spacial score (nSPS) is 19.2. The summed E-state index contributed by atoms with van der Waals surface area (Å²) in [6, 6.07) is 3.94. The number of halogens is 1. The van der Waals surface area contributed by atoms with E-state index in [-0.39, 0.29) is 11.3 Å². The van der Waals surface area contributed by atoms with Gasteiger partial charge in [-0.05, 0) is 30.9 Å². The molecule has 1 fully saturated rings. The van der Waals surface area contributed by atoms with Gasteiger partial charge in [0, 0.05) is 13.1 Å². The van der Waals surface area contributed by atoms with Gasteiger partial charge in [0.1, 0.15) is 17.1 Å². The molecule has 98 valence electrons. The maximum absolute atomic E-state index is 13.6. The number of carbonyl (C=O) groups is 1. The zero-order valence-corrected chi connectivity index (χ0v) is 10.5. The molecule has 1 amide bonds. The van der Waals surface area contributed by atoms with Crippen LogP contribution in [0.2, 0.25) is 0 Å². The predicted molar refractivity (Wildman–Crippen MR) is 67.0 cm³/mol. The van der Waals surface area contributed by atoms with E-state index in [4.69, 9.17) is 0 Å². The van der Waals surface area contributed by atoms with Crippen molar-refractivity contribution in [2.24, 2.45) is 5.92 Å². The van der Waals surface area contributed by atoms with Gasteiger partial charge >= 0.3 is 0 Å². The number of aromatic hydroxyl groups is 1. The minimum atomic E-state index is -0.654. The number of carbonyl (C=O) groups excluding carboxylic acids is 1. The Morgan fingerprint density at radius 2 is 2.33 bits per heavy atom. The molecule has 18 heavy (non-hydrogen) atoms. The predicted octanol–water partition coefficient (Wildman–Crippen LogP) is 2.79. The molecule has 1 aliphatic rings. The number of hydrogen-bond acceptors (Lipinski definition) is 2. The Morgan fingerprint density at radius 3 is 3.00 bits per heavy atom. The van der Waals surface area contributed by atoms with Crippen LogP contribution in [0, 0.1) is 11.7 Å². The van der Waals surface area contributed by atoms with Gasteiger partial charge in [0.15, 0.2) is 0 Å². The van der Waals surface area contributed by atoms with Crippen molar-refractivity contribution < 1.29 is 14.3 Å². The van der Waals surface area contributed by atoms with Crippen molar-refractivity contribution in [1.29, 1.82) is 0 Å². The third kappa shape index (κ3) is 2.47. The lowest BCUT2D eigenvalue weighted by molar-refractivity contribution is 0.0778. The molecule has 1 aromatic carbocycles. The topological polar surface area (TPSA) is 40.5 Å². The standard InChI is InChI=1S/C14H18FNO2/c1-2-4-10-7-8-16(9-10)14(18)13-11(15)5-3-6-12(13)17/h3,5-6,10,17H,2,4,7-9H2,1H3. The van der Waals surface area contributed by atoms with Gasteiger partial charge in [0.25, 0.3) is 5.91 Å². The number of amides is 1. The van der Waals surface area contributed by atoms with E-state index in [0.717, 1.165) is 19.3 Å². The van der Waals surface area contributed by atoms with Crippen molar-refractivity contribution in [3.8, 4) is 5.75 Å². The number of nitrogens with zero attached hydrogens (tertiary/aromatic N) is 1. The van der Waals surface area contributed by atoms with Crippen LogP contribution in [0.15, 0.2) is 18.2 Å². The summed E-state index contributed by atoms with van der Waals surface area (Å²) in [7, 11) is 0. The largest absolute Gasteiger partial charge is 0.507 e. The fraction of sp³-hybridized carbons (Fsp3) is 0.500. The zero-order chi connectivity index (χ0) is 13.1. The molecule has 3 nitrogen and oxygen atoms in total. The highest BCUT2D eigenvalue weighted by Gasteiger charge is 2.29. The Morgan fingerprint density at radius 1 is 1.56 bits per heavy atom. The maximum atomic E-state index is 13.6. The molecular weight excluding hydrogens is 233 g/mol. The minimum Gasteiger partial charge on any atom is -0.507 e. The molecule has 1 saturated heterocycles. The van der Waals surface area contributed by atoms with Crippen LogP contribution in [0.1, 0.15) is 36.5 Å². The number of phenolic OH excluding ortho intramolecular Hbond substituents is 1. The van der Waals surface area contributed by atoms with E-state index in [0.29, 0.717) is 19.0 Å². The fourth-order valence-electron chi connectivity index (χ4n) is 2.54. The van der Waals surface area contributed by atoms with E-state index in [1.807, 2.05) is 0 Å². The van der Waals surface area contributed by atoms with Crippen LogP contribution in [0.3, 0.4) is 0 Å². The van der Waals surface area contributed by atoms with E-state index < -0.39 is 11.7 Å². The summed E-state index contributed by atoms with van der Waals surface area (Å²) in [5.74, 6) is -0.824. The summed E-state index contributed by atoms with van der Waals surface area (Å²) in [6.07, 6.45) is 3.15. The highest BCUT2D eigenvalue weighted by Crippen LogP contribution is 2.26. The van der Waals surface area contributed by atoms with Crippen LogP contribution in [0.4, 0.5) is 4.39 Å². The summed E-state index contributed by atoms with van der Waals surface area (Å²) < 4.78 is 13.6. The number of rotatable bonds is 3. The third-order valence-corrected chi connectivity index (χ3v) is 3.48. The molecule has 1 heterocycles. The summed E-state index contributed by atoms with van der Waals surface area (Å²) >= 11 is 0. The van der Waals surface area contributed by atoms with Crippen molar-refractivity contribution in [1.82, 2.24) is 4.90 Å².